The third-order valence-corrected chi connectivity index (χ3v) is 3.75. The van der Waals surface area contributed by atoms with Crippen molar-refractivity contribution in [3.05, 3.63) is 49.4 Å². The second-order valence-corrected chi connectivity index (χ2v) is 5.17. The highest BCUT2D eigenvalue weighted by Crippen LogP contribution is 2.28. The van der Waals surface area contributed by atoms with Crippen molar-refractivity contribution < 1.29 is 9.72 Å². The van der Waals surface area contributed by atoms with E-state index in [1.54, 1.807) is 12.3 Å². The summed E-state index contributed by atoms with van der Waals surface area (Å²) in [6.45, 7) is 1.75. The molecule has 0 aliphatic heterocycles. The topological polar surface area (TPSA) is 85.1 Å². The second kappa shape index (κ2) is 5.45. The molecule has 1 aromatic carbocycles. The molecule has 19 heavy (non-hydrogen) atoms. The minimum atomic E-state index is -0.497. The molecule has 0 atom stereocenters. The number of aromatic nitrogens is 1. The van der Waals surface area contributed by atoms with Gasteiger partial charge in [0, 0.05) is 17.1 Å². The number of nitrogens with zero attached hydrogens (tertiary/aromatic N) is 2. The molecule has 1 heterocycles. The van der Waals surface area contributed by atoms with Crippen LogP contribution in [0.5, 0.6) is 0 Å². The first-order chi connectivity index (χ1) is 8.99. The number of nitro groups is 1. The van der Waals surface area contributed by atoms with Crippen molar-refractivity contribution in [2.75, 3.05) is 5.32 Å². The van der Waals surface area contributed by atoms with Crippen LogP contribution < -0.4 is 5.32 Å². The Kier molecular flexibility index (Phi) is 3.91. The Hall–Kier alpha value is -1.80. The third kappa shape index (κ3) is 2.96. The minimum absolute atomic E-state index is 0.0496. The molecule has 8 heteroatoms. The van der Waals surface area contributed by atoms with Crippen LogP contribution in [0.2, 0.25) is 0 Å². The molecule has 2 aromatic rings. The first-order valence-electron chi connectivity index (χ1n) is 5.15. The summed E-state index contributed by atoms with van der Waals surface area (Å²) in [4.78, 5) is 22.1. The molecule has 1 N–H and O–H groups in total. The van der Waals surface area contributed by atoms with Gasteiger partial charge in [-0.25, -0.2) is 0 Å². The Balaban J connectivity index is 2.21. The van der Waals surface area contributed by atoms with Gasteiger partial charge in [0.1, 0.15) is 0 Å². The van der Waals surface area contributed by atoms with Gasteiger partial charge in [0.05, 0.1) is 20.7 Å². The first-order valence-corrected chi connectivity index (χ1v) is 6.78. The Morgan fingerprint density at radius 3 is 2.79 bits per heavy atom. The number of carbonyl (C=O) groups is 1. The Morgan fingerprint density at radius 2 is 2.26 bits per heavy atom. The summed E-state index contributed by atoms with van der Waals surface area (Å²) in [6.07, 6.45) is 0. The number of nitrogens with one attached hydrogen (secondary N) is 1. The molecule has 0 radical (unpaired) electrons. The van der Waals surface area contributed by atoms with Crippen LogP contribution in [-0.4, -0.2) is 15.2 Å². The normalized spacial score (nSPS) is 10.2. The molecule has 0 spiro atoms. The zero-order chi connectivity index (χ0) is 14.0. The number of rotatable bonds is 3. The Labute approximate surface area is 120 Å². The standard InChI is InChI=1S/C11H8BrN3O3S/c1-6-8(5-19-14-6)11(16)13-7-2-3-10(15(17)18)9(12)4-7/h2-5H,1H3,(H,13,16). The highest BCUT2D eigenvalue weighted by atomic mass is 79.9. The van der Waals surface area contributed by atoms with E-state index in [0.29, 0.717) is 21.4 Å². The largest absolute Gasteiger partial charge is 0.322 e. The smallest absolute Gasteiger partial charge is 0.283 e. The SMILES string of the molecule is Cc1nscc1C(=O)Nc1ccc([N+](=O)[O-])c(Br)c1. The minimum Gasteiger partial charge on any atom is -0.322 e. The molecule has 6 nitrogen and oxygen atoms in total. The van der Waals surface area contributed by atoms with E-state index in [-0.39, 0.29) is 11.6 Å². The van der Waals surface area contributed by atoms with E-state index in [0.717, 1.165) is 0 Å². The van der Waals surface area contributed by atoms with Crippen molar-refractivity contribution in [1.82, 2.24) is 4.37 Å². The lowest BCUT2D eigenvalue weighted by molar-refractivity contribution is -0.385. The van der Waals surface area contributed by atoms with Crippen molar-refractivity contribution in [1.29, 1.82) is 0 Å². The lowest BCUT2D eigenvalue weighted by atomic mass is 10.2. The molecule has 2 rings (SSSR count). The number of hydrogen-bond acceptors (Lipinski definition) is 5. The molecule has 1 aromatic heterocycles. The summed E-state index contributed by atoms with van der Waals surface area (Å²) in [6, 6.07) is 4.31. The molecule has 0 fully saturated rings. The van der Waals surface area contributed by atoms with Crippen LogP contribution in [0.15, 0.2) is 28.1 Å². The predicted molar refractivity (Wildman–Crippen MR) is 75.6 cm³/mol. The second-order valence-electron chi connectivity index (χ2n) is 3.69. The van der Waals surface area contributed by atoms with Crippen molar-refractivity contribution in [3.8, 4) is 0 Å². The van der Waals surface area contributed by atoms with Gasteiger partial charge in [-0.05, 0) is 46.5 Å². The van der Waals surface area contributed by atoms with Gasteiger partial charge in [-0.15, -0.1) is 0 Å². The number of anilines is 1. The number of halogens is 1. The van der Waals surface area contributed by atoms with Crippen LogP contribution in [0.3, 0.4) is 0 Å². The van der Waals surface area contributed by atoms with E-state index in [1.807, 2.05) is 0 Å². The summed E-state index contributed by atoms with van der Waals surface area (Å²) in [5.74, 6) is -0.285. The van der Waals surface area contributed by atoms with Crippen LogP contribution in [0.1, 0.15) is 16.1 Å². The number of carbonyl (C=O) groups excluding carboxylic acids is 1. The summed E-state index contributed by atoms with van der Waals surface area (Å²) in [5.41, 5.74) is 1.59. The van der Waals surface area contributed by atoms with Crippen molar-refractivity contribution in [2.45, 2.75) is 6.92 Å². The monoisotopic (exact) mass is 341 g/mol. The summed E-state index contributed by atoms with van der Waals surface area (Å²) < 4.78 is 4.33. The lowest BCUT2D eigenvalue weighted by Crippen LogP contribution is -2.12. The van der Waals surface area contributed by atoms with Crippen LogP contribution in [0.4, 0.5) is 11.4 Å². The van der Waals surface area contributed by atoms with Crippen molar-refractivity contribution >= 4 is 44.7 Å². The zero-order valence-corrected chi connectivity index (χ0v) is 12.1. The fourth-order valence-electron chi connectivity index (χ4n) is 1.44. The molecule has 0 saturated carbocycles. The zero-order valence-electron chi connectivity index (χ0n) is 9.71. The quantitative estimate of drug-likeness (QED) is 0.684. The summed E-state index contributed by atoms with van der Waals surface area (Å²) in [5, 5.41) is 15.0. The molecule has 98 valence electrons. The fraction of sp³-hybridized carbons (Fsp3) is 0.0909. The van der Waals surface area contributed by atoms with Gasteiger partial charge in [-0.2, -0.15) is 4.37 Å². The van der Waals surface area contributed by atoms with Crippen LogP contribution in [0.25, 0.3) is 0 Å². The number of benzene rings is 1. The number of nitro benzene ring substituents is 1. The average Bonchev–Trinajstić information content (AvgIpc) is 2.75. The molecule has 1 amide bonds. The predicted octanol–water partition coefficient (Wildman–Crippen LogP) is 3.37. The maximum absolute atomic E-state index is 11.9. The van der Waals surface area contributed by atoms with Crippen molar-refractivity contribution in [2.24, 2.45) is 0 Å². The molecular weight excluding hydrogens is 334 g/mol. The van der Waals surface area contributed by atoms with Crippen LogP contribution in [0, 0.1) is 17.0 Å². The van der Waals surface area contributed by atoms with Gasteiger partial charge in [-0.1, -0.05) is 0 Å². The average molecular weight is 342 g/mol. The Bertz CT molecular complexity index is 656. The van der Waals surface area contributed by atoms with Gasteiger partial charge >= 0.3 is 0 Å². The van der Waals surface area contributed by atoms with E-state index in [2.05, 4.69) is 25.6 Å². The van der Waals surface area contributed by atoms with Gasteiger partial charge < -0.3 is 5.32 Å². The highest BCUT2D eigenvalue weighted by molar-refractivity contribution is 9.10. The number of amides is 1. The van der Waals surface area contributed by atoms with Gasteiger partial charge in [0.15, 0.2) is 0 Å². The fourth-order valence-corrected chi connectivity index (χ4v) is 2.66. The van der Waals surface area contributed by atoms with E-state index < -0.39 is 4.92 Å². The highest BCUT2D eigenvalue weighted by Gasteiger charge is 2.15. The number of aryl methyl sites for hydroxylation is 1. The molecular formula is C11H8BrN3O3S. The molecule has 0 saturated heterocycles. The third-order valence-electron chi connectivity index (χ3n) is 2.40. The van der Waals surface area contributed by atoms with E-state index in [1.165, 1.54) is 29.7 Å². The molecule has 0 unspecified atom stereocenters. The van der Waals surface area contributed by atoms with Crippen LogP contribution >= 0.6 is 27.5 Å². The maximum atomic E-state index is 11.9. The van der Waals surface area contributed by atoms with Crippen molar-refractivity contribution in [3.63, 3.8) is 0 Å². The van der Waals surface area contributed by atoms with Gasteiger partial charge in [-0.3, -0.25) is 14.9 Å². The number of hydrogen-bond donors (Lipinski definition) is 1. The van der Waals surface area contributed by atoms with E-state index >= 15 is 0 Å². The van der Waals surface area contributed by atoms with E-state index in [4.69, 9.17) is 0 Å². The summed E-state index contributed by atoms with van der Waals surface area (Å²) in [7, 11) is 0. The molecule has 0 aliphatic carbocycles. The lowest BCUT2D eigenvalue weighted by Gasteiger charge is -2.05. The molecule has 0 bridgehead atoms. The van der Waals surface area contributed by atoms with E-state index in [9.17, 15) is 14.9 Å². The van der Waals surface area contributed by atoms with Gasteiger partial charge in [0.25, 0.3) is 11.6 Å². The molecule has 0 aliphatic rings. The first kappa shape index (κ1) is 13.6. The maximum Gasteiger partial charge on any atom is 0.283 e. The Morgan fingerprint density at radius 1 is 1.53 bits per heavy atom. The summed E-state index contributed by atoms with van der Waals surface area (Å²) >= 11 is 4.30. The van der Waals surface area contributed by atoms with Crippen LogP contribution in [-0.2, 0) is 0 Å². The van der Waals surface area contributed by atoms with Gasteiger partial charge in [0.2, 0.25) is 0 Å².